The standard InChI is InChI=1S/C19H21N3O6S2/c23-22(24)16-4-6-17(7-5-16)30(27,28)21-13-10-15-14-18(8-9-19(15)21)29(25,26)20-11-2-1-3-12-20/h4-9,14H,1-3,10-13H2. The van der Waals surface area contributed by atoms with E-state index in [0.29, 0.717) is 30.8 Å². The summed E-state index contributed by atoms with van der Waals surface area (Å²) >= 11 is 0. The van der Waals surface area contributed by atoms with Crippen molar-refractivity contribution in [1.29, 1.82) is 0 Å². The first-order valence-electron chi connectivity index (χ1n) is 9.61. The van der Waals surface area contributed by atoms with E-state index in [9.17, 15) is 26.9 Å². The van der Waals surface area contributed by atoms with E-state index in [1.807, 2.05) is 0 Å². The fourth-order valence-corrected chi connectivity index (χ4v) is 6.95. The molecule has 0 aromatic heterocycles. The van der Waals surface area contributed by atoms with E-state index in [4.69, 9.17) is 0 Å². The van der Waals surface area contributed by atoms with Crippen LogP contribution in [0, 0.1) is 10.1 Å². The summed E-state index contributed by atoms with van der Waals surface area (Å²) < 4.78 is 54.6. The fraction of sp³-hybridized carbons (Fsp3) is 0.368. The molecule has 1 saturated heterocycles. The van der Waals surface area contributed by atoms with Gasteiger partial charge in [-0.05, 0) is 55.2 Å². The van der Waals surface area contributed by atoms with Crippen molar-refractivity contribution in [3.8, 4) is 0 Å². The highest BCUT2D eigenvalue weighted by molar-refractivity contribution is 7.92. The van der Waals surface area contributed by atoms with Gasteiger partial charge in [0, 0.05) is 31.8 Å². The maximum absolute atomic E-state index is 13.0. The number of hydrogen-bond acceptors (Lipinski definition) is 6. The van der Waals surface area contributed by atoms with E-state index in [0.717, 1.165) is 31.4 Å². The second kappa shape index (κ2) is 7.64. The number of piperidine rings is 1. The van der Waals surface area contributed by atoms with Crippen molar-refractivity contribution in [2.24, 2.45) is 0 Å². The Morgan fingerprint density at radius 1 is 0.800 bits per heavy atom. The van der Waals surface area contributed by atoms with Crippen molar-refractivity contribution in [3.05, 3.63) is 58.1 Å². The molecule has 0 bridgehead atoms. The van der Waals surface area contributed by atoms with Crippen molar-refractivity contribution in [2.45, 2.75) is 35.5 Å². The van der Waals surface area contributed by atoms with Crippen LogP contribution in [0.25, 0.3) is 0 Å². The minimum atomic E-state index is -3.91. The summed E-state index contributed by atoms with van der Waals surface area (Å²) in [5, 5.41) is 10.8. The highest BCUT2D eigenvalue weighted by Gasteiger charge is 2.33. The normalized spacial score (nSPS) is 17.7. The largest absolute Gasteiger partial charge is 0.269 e. The molecule has 0 atom stereocenters. The highest BCUT2D eigenvalue weighted by atomic mass is 32.2. The summed E-state index contributed by atoms with van der Waals surface area (Å²) in [7, 11) is -7.51. The molecular formula is C19H21N3O6S2. The molecule has 2 aliphatic rings. The molecule has 30 heavy (non-hydrogen) atoms. The van der Waals surface area contributed by atoms with E-state index in [1.165, 1.54) is 32.9 Å². The Morgan fingerprint density at radius 3 is 2.07 bits per heavy atom. The Morgan fingerprint density at radius 2 is 1.43 bits per heavy atom. The zero-order valence-corrected chi connectivity index (χ0v) is 17.7. The van der Waals surface area contributed by atoms with E-state index in [-0.39, 0.29) is 22.0 Å². The van der Waals surface area contributed by atoms with Crippen LogP contribution in [-0.2, 0) is 26.5 Å². The molecule has 0 saturated carbocycles. The summed E-state index contributed by atoms with van der Waals surface area (Å²) in [4.78, 5) is 10.3. The molecule has 0 unspecified atom stereocenters. The van der Waals surface area contributed by atoms with E-state index >= 15 is 0 Å². The van der Waals surface area contributed by atoms with Crippen molar-refractivity contribution >= 4 is 31.4 Å². The molecular weight excluding hydrogens is 430 g/mol. The number of fused-ring (bicyclic) bond motifs is 1. The van der Waals surface area contributed by atoms with Gasteiger partial charge in [0.1, 0.15) is 0 Å². The molecule has 2 heterocycles. The number of non-ortho nitro benzene ring substituents is 1. The van der Waals surface area contributed by atoms with Crippen LogP contribution in [0.4, 0.5) is 11.4 Å². The maximum atomic E-state index is 13.0. The number of nitro groups is 1. The second-order valence-electron chi connectivity index (χ2n) is 7.33. The van der Waals surface area contributed by atoms with Gasteiger partial charge in [0.2, 0.25) is 10.0 Å². The lowest BCUT2D eigenvalue weighted by molar-refractivity contribution is -0.384. The molecule has 11 heteroatoms. The average Bonchev–Trinajstić information content (AvgIpc) is 3.18. The number of sulfonamides is 2. The number of hydrogen-bond donors (Lipinski definition) is 0. The molecule has 0 amide bonds. The van der Waals surface area contributed by atoms with Crippen LogP contribution in [0.3, 0.4) is 0 Å². The average molecular weight is 452 g/mol. The van der Waals surface area contributed by atoms with Gasteiger partial charge in [-0.1, -0.05) is 6.42 Å². The van der Waals surface area contributed by atoms with Gasteiger partial charge in [-0.3, -0.25) is 14.4 Å². The molecule has 9 nitrogen and oxygen atoms in total. The van der Waals surface area contributed by atoms with Gasteiger partial charge >= 0.3 is 0 Å². The second-order valence-corrected chi connectivity index (χ2v) is 11.1. The number of rotatable bonds is 5. The molecule has 0 aliphatic carbocycles. The van der Waals surface area contributed by atoms with Crippen LogP contribution in [0.1, 0.15) is 24.8 Å². The first-order valence-corrected chi connectivity index (χ1v) is 12.5. The van der Waals surface area contributed by atoms with Gasteiger partial charge < -0.3 is 0 Å². The molecule has 0 spiro atoms. The minimum absolute atomic E-state index is 0.0500. The zero-order valence-electron chi connectivity index (χ0n) is 16.1. The van der Waals surface area contributed by atoms with Crippen LogP contribution < -0.4 is 4.31 Å². The van der Waals surface area contributed by atoms with E-state index in [1.54, 1.807) is 6.07 Å². The Labute approximate surface area is 175 Å². The predicted molar refractivity (Wildman–Crippen MR) is 110 cm³/mol. The lowest BCUT2D eigenvalue weighted by Gasteiger charge is -2.26. The highest BCUT2D eigenvalue weighted by Crippen LogP contribution is 2.35. The molecule has 4 rings (SSSR count). The molecule has 2 aromatic rings. The number of benzene rings is 2. The molecule has 160 valence electrons. The van der Waals surface area contributed by atoms with Crippen LogP contribution in [0.15, 0.2) is 52.3 Å². The van der Waals surface area contributed by atoms with E-state index < -0.39 is 25.0 Å². The van der Waals surface area contributed by atoms with E-state index in [2.05, 4.69) is 0 Å². The Hall–Kier alpha value is -2.50. The van der Waals surface area contributed by atoms with Gasteiger partial charge in [-0.25, -0.2) is 16.8 Å². The monoisotopic (exact) mass is 451 g/mol. The third kappa shape index (κ3) is 3.57. The third-order valence-corrected chi connectivity index (χ3v) is 9.21. The smallest absolute Gasteiger partial charge is 0.266 e. The topological polar surface area (TPSA) is 118 Å². The Kier molecular flexibility index (Phi) is 5.28. The first-order chi connectivity index (χ1) is 14.2. The summed E-state index contributed by atoms with van der Waals surface area (Å²) in [5.41, 5.74) is 0.896. The van der Waals surface area contributed by atoms with Crippen molar-refractivity contribution in [2.75, 3.05) is 23.9 Å². The molecule has 2 aliphatic heterocycles. The SMILES string of the molecule is O=[N+]([O-])c1ccc(S(=O)(=O)N2CCc3cc(S(=O)(=O)N4CCCCC4)ccc32)cc1. The molecule has 0 N–H and O–H groups in total. The molecule has 1 fully saturated rings. The van der Waals surface area contributed by atoms with Crippen LogP contribution >= 0.6 is 0 Å². The summed E-state index contributed by atoms with van der Waals surface area (Å²) in [5.74, 6) is 0. The minimum Gasteiger partial charge on any atom is -0.266 e. The van der Waals surface area contributed by atoms with Crippen LogP contribution in [-0.4, -0.2) is 45.7 Å². The quantitative estimate of drug-likeness (QED) is 0.509. The van der Waals surface area contributed by atoms with Crippen LogP contribution in [0.2, 0.25) is 0 Å². The molecule has 0 radical (unpaired) electrons. The Bertz CT molecular complexity index is 1190. The van der Waals surface area contributed by atoms with Crippen molar-refractivity contribution in [1.82, 2.24) is 4.31 Å². The fourth-order valence-electron chi connectivity index (χ4n) is 3.88. The first kappa shape index (κ1) is 20.8. The number of nitro benzene ring substituents is 1. The van der Waals surface area contributed by atoms with Crippen LogP contribution in [0.5, 0.6) is 0 Å². The van der Waals surface area contributed by atoms with Crippen molar-refractivity contribution < 1.29 is 21.8 Å². The van der Waals surface area contributed by atoms with Gasteiger partial charge in [0.15, 0.2) is 0 Å². The van der Waals surface area contributed by atoms with Gasteiger partial charge in [-0.15, -0.1) is 0 Å². The zero-order chi connectivity index (χ0) is 21.5. The summed E-state index contributed by atoms with van der Waals surface area (Å²) in [6, 6.07) is 9.26. The summed E-state index contributed by atoms with van der Waals surface area (Å²) in [6.45, 7) is 1.18. The third-order valence-electron chi connectivity index (χ3n) is 5.49. The number of anilines is 1. The van der Waals surface area contributed by atoms with Gasteiger partial charge in [0.25, 0.3) is 15.7 Å². The Balaban J connectivity index is 1.64. The van der Waals surface area contributed by atoms with Gasteiger partial charge in [-0.2, -0.15) is 4.31 Å². The maximum Gasteiger partial charge on any atom is 0.269 e. The predicted octanol–water partition coefficient (Wildman–Crippen LogP) is 2.52. The lowest BCUT2D eigenvalue weighted by Crippen LogP contribution is -2.35. The summed E-state index contributed by atoms with van der Waals surface area (Å²) in [6.07, 6.45) is 3.09. The van der Waals surface area contributed by atoms with Gasteiger partial charge in [0.05, 0.1) is 20.4 Å². The number of nitrogens with zero attached hydrogens (tertiary/aromatic N) is 3. The van der Waals surface area contributed by atoms with Crippen molar-refractivity contribution in [3.63, 3.8) is 0 Å². The molecule has 2 aromatic carbocycles. The lowest BCUT2D eigenvalue weighted by atomic mass is 10.2.